The molecule has 0 radical (unpaired) electrons. The molecule has 0 unspecified atom stereocenters. The molecule has 1 saturated heterocycles. The van der Waals surface area contributed by atoms with Gasteiger partial charge < -0.3 is 17.1 Å². The molecule has 0 spiro atoms. The van der Waals surface area contributed by atoms with E-state index in [0.717, 1.165) is 0 Å². The number of esters is 1. The molecule has 2 rings (SSSR count). The van der Waals surface area contributed by atoms with Gasteiger partial charge in [-0.05, 0) is 33.6 Å². The standard InChI is InChI=1S/C13H21N3O4S.ClH/c1-4-20-13(17)11-5-7-16(8-6-11)21(18,19)12-9(2)14-15-10(12)3;/h11H,4-8H2,1-3H3,(H,14,15);1H/p-1. The van der Waals surface area contributed by atoms with Gasteiger partial charge in [0.1, 0.15) is 4.90 Å². The fraction of sp³-hybridized carbons (Fsp3) is 0.692. The molecule has 1 aliphatic rings. The summed E-state index contributed by atoms with van der Waals surface area (Å²) in [5.74, 6) is -0.437. The molecule has 22 heavy (non-hydrogen) atoms. The van der Waals surface area contributed by atoms with E-state index in [4.69, 9.17) is 4.74 Å². The Morgan fingerprint density at radius 2 is 1.95 bits per heavy atom. The van der Waals surface area contributed by atoms with Crippen molar-refractivity contribution in [3.63, 3.8) is 0 Å². The summed E-state index contributed by atoms with van der Waals surface area (Å²) in [7, 11) is -3.55. The zero-order valence-electron chi connectivity index (χ0n) is 12.9. The Morgan fingerprint density at radius 3 is 2.41 bits per heavy atom. The second kappa shape index (κ2) is 7.43. The summed E-state index contributed by atoms with van der Waals surface area (Å²) >= 11 is 0. The second-order valence-corrected chi connectivity index (χ2v) is 7.07. The predicted molar refractivity (Wildman–Crippen MR) is 76.2 cm³/mol. The summed E-state index contributed by atoms with van der Waals surface area (Å²) < 4.78 is 31.7. The monoisotopic (exact) mass is 350 g/mol. The van der Waals surface area contributed by atoms with Gasteiger partial charge in [-0.3, -0.25) is 9.89 Å². The maximum Gasteiger partial charge on any atom is 0.309 e. The first-order valence-corrected chi connectivity index (χ1v) is 8.50. The number of carbonyl (C=O) groups is 1. The van der Waals surface area contributed by atoms with Gasteiger partial charge in [0, 0.05) is 13.1 Å². The highest BCUT2D eigenvalue weighted by Gasteiger charge is 2.34. The Hall–Kier alpha value is -1.12. The summed E-state index contributed by atoms with van der Waals surface area (Å²) in [6.07, 6.45) is 0.988. The van der Waals surface area contributed by atoms with Gasteiger partial charge in [-0.25, -0.2) is 8.42 Å². The Kier molecular flexibility index (Phi) is 6.39. The largest absolute Gasteiger partial charge is 1.00 e. The average molecular weight is 351 g/mol. The van der Waals surface area contributed by atoms with E-state index < -0.39 is 10.0 Å². The molecule has 0 bridgehead atoms. The molecule has 1 aliphatic heterocycles. The van der Waals surface area contributed by atoms with Crippen LogP contribution in [0.2, 0.25) is 0 Å². The SMILES string of the molecule is CCOC(=O)C1CCN(S(=O)(=O)c2c(C)n[nH]c2C)CC1.[Cl-]. The summed E-state index contributed by atoms with van der Waals surface area (Å²) in [5, 5.41) is 6.64. The minimum atomic E-state index is -3.55. The molecule has 0 saturated carbocycles. The number of piperidine rings is 1. The van der Waals surface area contributed by atoms with E-state index in [1.807, 2.05) is 0 Å². The van der Waals surface area contributed by atoms with Crippen molar-refractivity contribution in [2.75, 3.05) is 19.7 Å². The molecule has 0 atom stereocenters. The number of aromatic nitrogens is 2. The van der Waals surface area contributed by atoms with Crippen LogP contribution in [0.5, 0.6) is 0 Å². The summed E-state index contributed by atoms with van der Waals surface area (Å²) in [4.78, 5) is 11.9. The Morgan fingerprint density at radius 1 is 1.36 bits per heavy atom. The van der Waals surface area contributed by atoms with E-state index in [-0.39, 0.29) is 29.2 Å². The fourth-order valence-electron chi connectivity index (χ4n) is 2.64. The van der Waals surface area contributed by atoms with Gasteiger partial charge >= 0.3 is 5.97 Å². The van der Waals surface area contributed by atoms with Gasteiger partial charge in [0.2, 0.25) is 10.0 Å². The minimum Gasteiger partial charge on any atom is -1.00 e. The number of sulfonamides is 1. The normalized spacial score (nSPS) is 17.0. The second-order valence-electron chi connectivity index (χ2n) is 5.19. The Bertz CT molecular complexity index is 602. The summed E-state index contributed by atoms with van der Waals surface area (Å²) in [5.41, 5.74) is 1.01. The van der Waals surface area contributed by atoms with E-state index in [1.54, 1.807) is 20.8 Å². The van der Waals surface area contributed by atoms with Crippen LogP contribution in [-0.4, -0.2) is 48.6 Å². The van der Waals surface area contributed by atoms with Crippen LogP contribution in [0.15, 0.2) is 4.90 Å². The number of hydrogen-bond acceptors (Lipinski definition) is 5. The maximum absolute atomic E-state index is 12.6. The lowest BCUT2D eigenvalue weighted by Crippen LogP contribution is -3.00. The van der Waals surface area contributed by atoms with Crippen molar-refractivity contribution in [2.24, 2.45) is 5.92 Å². The molecule has 0 amide bonds. The number of carbonyl (C=O) groups excluding carboxylic acids is 1. The number of halogens is 1. The predicted octanol–water partition coefficient (Wildman–Crippen LogP) is -2.01. The lowest BCUT2D eigenvalue weighted by Gasteiger charge is -2.30. The van der Waals surface area contributed by atoms with Gasteiger partial charge in [-0.2, -0.15) is 9.40 Å². The van der Waals surface area contributed by atoms with E-state index in [2.05, 4.69) is 10.2 Å². The van der Waals surface area contributed by atoms with E-state index in [9.17, 15) is 13.2 Å². The average Bonchev–Trinajstić information content (AvgIpc) is 2.79. The number of hydrogen-bond donors (Lipinski definition) is 1. The summed E-state index contributed by atoms with van der Waals surface area (Å²) in [6.45, 7) is 6.14. The molecule has 7 nitrogen and oxygen atoms in total. The smallest absolute Gasteiger partial charge is 0.309 e. The molecule has 1 aromatic rings. The van der Waals surface area contributed by atoms with Crippen molar-refractivity contribution in [1.29, 1.82) is 0 Å². The Labute approximate surface area is 136 Å². The number of H-pyrrole nitrogens is 1. The van der Waals surface area contributed by atoms with Gasteiger partial charge in [0.05, 0.1) is 23.9 Å². The van der Waals surface area contributed by atoms with Gasteiger partial charge in [-0.1, -0.05) is 0 Å². The van der Waals surface area contributed by atoms with Crippen molar-refractivity contribution in [3.8, 4) is 0 Å². The molecule has 1 fully saturated rings. The molecule has 0 aromatic carbocycles. The lowest BCUT2D eigenvalue weighted by atomic mass is 9.98. The minimum absolute atomic E-state index is 0. The van der Waals surface area contributed by atoms with E-state index in [0.29, 0.717) is 43.9 Å². The van der Waals surface area contributed by atoms with Crippen molar-refractivity contribution < 1.29 is 30.4 Å². The molecule has 9 heteroatoms. The van der Waals surface area contributed by atoms with E-state index >= 15 is 0 Å². The first-order chi connectivity index (χ1) is 9.87. The topological polar surface area (TPSA) is 92.4 Å². The first-order valence-electron chi connectivity index (χ1n) is 7.06. The number of ether oxygens (including phenoxy) is 1. The van der Waals surface area contributed by atoms with Crippen molar-refractivity contribution >= 4 is 16.0 Å². The molecule has 1 N–H and O–H groups in total. The first kappa shape index (κ1) is 18.9. The van der Waals surface area contributed by atoms with Gasteiger partial charge in [0.15, 0.2) is 0 Å². The number of nitrogens with one attached hydrogen (secondary N) is 1. The zero-order chi connectivity index (χ0) is 15.6. The number of nitrogens with zero attached hydrogens (tertiary/aromatic N) is 2. The molecular formula is C13H21ClN3O4S-. The number of rotatable bonds is 4. The van der Waals surface area contributed by atoms with Crippen molar-refractivity contribution in [3.05, 3.63) is 11.4 Å². The quantitative estimate of drug-likeness (QED) is 0.634. The Balaban J connectivity index is 0.00000242. The van der Waals surface area contributed by atoms with Crippen molar-refractivity contribution in [2.45, 2.75) is 38.5 Å². The van der Waals surface area contributed by atoms with Crippen LogP contribution in [0.3, 0.4) is 0 Å². The summed E-state index contributed by atoms with van der Waals surface area (Å²) in [6, 6.07) is 0. The number of aryl methyl sites for hydroxylation is 2. The molecule has 2 heterocycles. The molecule has 1 aromatic heterocycles. The molecule has 126 valence electrons. The van der Waals surface area contributed by atoms with Crippen LogP contribution in [-0.2, 0) is 19.6 Å². The highest BCUT2D eigenvalue weighted by molar-refractivity contribution is 7.89. The maximum atomic E-state index is 12.6. The van der Waals surface area contributed by atoms with Crippen LogP contribution < -0.4 is 12.4 Å². The van der Waals surface area contributed by atoms with Crippen molar-refractivity contribution in [1.82, 2.24) is 14.5 Å². The molecule has 0 aliphatic carbocycles. The van der Waals surface area contributed by atoms with Crippen LogP contribution in [0.4, 0.5) is 0 Å². The third kappa shape index (κ3) is 3.61. The van der Waals surface area contributed by atoms with Gasteiger partial charge in [-0.15, -0.1) is 0 Å². The van der Waals surface area contributed by atoms with Gasteiger partial charge in [0.25, 0.3) is 0 Å². The third-order valence-electron chi connectivity index (χ3n) is 3.73. The van der Waals surface area contributed by atoms with Crippen LogP contribution >= 0.6 is 0 Å². The van der Waals surface area contributed by atoms with Crippen LogP contribution in [0.25, 0.3) is 0 Å². The highest BCUT2D eigenvalue weighted by atomic mass is 35.5. The van der Waals surface area contributed by atoms with E-state index in [1.165, 1.54) is 4.31 Å². The number of aromatic amines is 1. The van der Waals surface area contributed by atoms with Crippen LogP contribution in [0, 0.1) is 19.8 Å². The lowest BCUT2D eigenvalue weighted by molar-refractivity contribution is -0.149. The highest BCUT2D eigenvalue weighted by Crippen LogP contribution is 2.27. The zero-order valence-corrected chi connectivity index (χ0v) is 14.5. The fourth-order valence-corrected chi connectivity index (χ4v) is 4.44. The molecular weight excluding hydrogens is 330 g/mol. The third-order valence-corrected chi connectivity index (χ3v) is 5.89. The van der Waals surface area contributed by atoms with Crippen LogP contribution in [0.1, 0.15) is 31.2 Å².